The molecule has 6 nitrogen and oxygen atoms in total. The Morgan fingerprint density at radius 3 is 2.69 bits per heavy atom. The van der Waals surface area contributed by atoms with E-state index in [0.717, 1.165) is 12.1 Å². The zero-order valence-corrected chi connectivity index (χ0v) is 17.4. The number of carbonyl (C=O) groups excluding carboxylic acids is 1. The number of pyridine rings is 1. The number of ether oxygens (including phenoxy) is 1. The maximum absolute atomic E-state index is 13.7. The van der Waals surface area contributed by atoms with Gasteiger partial charge in [0.05, 0.1) is 24.1 Å². The van der Waals surface area contributed by atoms with Crippen LogP contribution in [-0.2, 0) is 13.1 Å². The van der Waals surface area contributed by atoms with Crippen LogP contribution in [0.1, 0.15) is 29.8 Å². The van der Waals surface area contributed by atoms with E-state index in [0.29, 0.717) is 29.3 Å². The van der Waals surface area contributed by atoms with E-state index in [4.69, 9.17) is 4.74 Å². The zero-order valence-electron chi connectivity index (χ0n) is 17.4. The van der Waals surface area contributed by atoms with Gasteiger partial charge in [-0.25, -0.2) is 4.39 Å². The molecule has 3 heterocycles. The number of fused-ring (bicyclic) bond motifs is 1. The average Bonchev–Trinajstić information content (AvgIpc) is 3.30. The number of halogens is 4. The largest absolute Gasteiger partial charge is 0.483 e. The lowest BCUT2D eigenvalue weighted by Gasteiger charge is -2.15. The lowest BCUT2D eigenvalue weighted by atomic mass is 10.0. The van der Waals surface area contributed by atoms with E-state index >= 15 is 0 Å². The number of amides is 1. The fraction of sp³-hybridized carbons (Fsp3) is 0.318. The van der Waals surface area contributed by atoms with Gasteiger partial charge in [-0.3, -0.25) is 14.5 Å². The molecular formula is C22H20F4N4O2. The minimum absolute atomic E-state index is 0.154. The molecule has 1 aromatic carbocycles. The summed E-state index contributed by atoms with van der Waals surface area (Å²) >= 11 is 0. The van der Waals surface area contributed by atoms with Gasteiger partial charge in [0.1, 0.15) is 11.6 Å². The summed E-state index contributed by atoms with van der Waals surface area (Å²) in [5, 5.41) is 4.29. The molecule has 3 aromatic rings. The van der Waals surface area contributed by atoms with E-state index in [-0.39, 0.29) is 29.5 Å². The predicted octanol–water partition coefficient (Wildman–Crippen LogP) is 4.84. The lowest BCUT2D eigenvalue weighted by Crippen LogP contribution is -2.22. The van der Waals surface area contributed by atoms with Crippen LogP contribution >= 0.6 is 0 Å². The van der Waals surface area contributed by atoms with Crippen LogP contribution in [0.4, 0.5) is 23.2 Å². The molecular weight excluding hydrogens is 428 g/mol. The minimum atomic E-state index is -4.58. The van der Waals surface area contributed by atoms with Gasteiger partial charge >= 0.3 is 6.18 Å². The van der Waals surface area contributed by atoms with Crippen molar-refractivity contribution in [3.8, 4) is 17.0 Å². The summed E-state index contributed by atoms with van der Waals surface area (Å²) in [6, 6.07) is 4.85. The molecule has 4 rings (SSSR count). The highest BCUT2D eigenvalue weighted by Crippen LogP contribution is 2.38. The summed E-state index contributed by atoms with van der Waals surface area (Å²) in [6.45, 7) is 3.38. The second kappa shape index (κ2) is 8.25. The van der Waals surface area contributed by atoms with Crippen LogP contribution in [0.3, 0.4) is 0 Å². The van der Waals surface area contributed by atoms with Gasteiger partial charge < -0.3 is 9.64 Å². The standard InChI is InChI=1S/C22H20F4N4O2/c1-13(2)9-29-10-15(8-28-29)30-11-18-16(21(30)31)5-6-27-20(18)17-4-3-14(23)7-19(17)32-12-22(24,25)26/h3-8,10,13H,9,11-12H2,1-2H3. The van der Waals surface area contributed by atoms with Gasteiger partial charge in [-0.05, 0) is 24.1 Å². The molecule has 2 aromatic heterocycles. The Morgan fingerprint density at radius 1 is 1.19 bits per heavy atom. The average molecular weight is 448 g/mol. The molecule has 0 radical (unpaired) electrons. The van der Waals surface area contributed by atoms with E-state index in [1.165, 1.54) is 17.2 Å². The van der Waals surface area contributed by atoms with Gasteiger partial charge in [0.2, 0.25) is 0 Å². The molecule has 32 heavy (non-hydrogen) atoms. The van der Waals surface area contributed by atoms with E-state index in [1.807, 2.05) is 0 Å². The van der Waals surface area contributed by atoms with Gasteiger partial charge in [0.25, 0.3) is 5.91 Å². The van der Waals surface area contributed by atoms with Gasteiger partial charge in [-0.2, -0.15) is 18.3 Å². The highest BCUT2D eigenvalue weighted by atomic mass is 19.4. The summed E-state index contributed by atoms with van der Waals surface area (Å²) < 4.78 is 58.4. The van der Waals surface area contributed by atoms with Gasteiger partial charge in [0, 0.05) is 41.7 Å². The fourth-order valence-corrected chi connectivity index (χ4v) is 3.61. The molecule has 0 unspecified atom stereocenters. The Hall–Kier alpha value is -3.43. The van der Waals surface area contributed by atoms with Crippen molar-refractivity contribution in [2.75, 3.05) is 11.5 Å². The number of nitrogens with zero attached hydrogens (tertiary/aromatic N) is 4. The second-order valence-electron chi connectivity index (χ2n) is 7.94. The first-order valence-corrected chi connectivity index (χ1v) is 9.94. The SMILES string of the molecule is CC(C)Cn1cc(N2Cc3c(ccnc3-c3ccc(F)cc3OCC(F)(F)F)C2=O)cn1. The number of hydrogen-bond acceptors (Lipinski definition) is 4. The van der Waals surface area contributed by atoms with Crippen LogP contribution in [-0.4, -0.2) is 33.5 Å². The first-order chi connectivity index (χ1) is 15.1. The van der Waals surface area contributed by atoms with Crippen molar-refractivity contribution in [3.05, 3.63) is 59.8 Å². The van der Waals surface area contributed by atoms with Crippen molar-refractivity contribution >= 4 is 11.6 Å². The number of carbonyl (C=O) groups is 1. The topological polar surface area (TPSA) is 60.2 Å². The highest BCUT2D eigenvalue weighted by molar-refractivity contribution is 6.11. The van der Waals surface area contributed by atoms with E-state index in [9.17, 15) is 22.4 Å². The first kappa shape index (κ1) is 21.8. The Bertz CT molecular complexity index is 1160. The molecule has 1 amide bonds. The maximum Gasteiger partial charge on any atom is 0.422 e. The molecule has 0 saturated carbocycles. The summed E-state index contributed by atoms with van der Waals surface area (Å²) in [7, 11) is 0. The molecule has 168 valence electrons. The summed E-state index contributed by atoms with van der Waals surface area (Å²) in [5.41, 5.74) is 1.95. The van der Waals surface area contributed by atoms with Crippen LogP contribution in [0.25, 0.3) is 11.3 Å². The van der Waals surface area contributed by atoms with E-state index in [2.05, 4.69) is 23.9 Å². The Kier molecular flexibility index (Phi) is 5.62. The first-order valence-electron chi connectivity index (χ1n) is 9.94. The summed E-state index contributed by atoms with van der Waals surface area (Å²) in [6.07, 6.45) is 0.175. The van der Waals surface area contributed by atoms with Crippen LogP contribution < -0.4 is 9.64 Å². The van der Waals surface area contributed by atoms with Crippen molar-refractivity contribution in [2.24, 2.45) is 5.92 Å². The molecule has 0 N–H and O–H groups in total. The third-order valence-corrected chi connectivity index (χ3v) is 4.92. The third kappa shape index (κ3) is 4.44. The maximum atomic E-state index is 13.7. The highest BCUT2D eigenvalue weighted by Gasteiger charge is 2.33. The monoisotopic (exact) mass is 448 g/mol. The number of anilines is 1. The third-order valence-electron chi connectivity index (χ3n) is 4.92. The smallest absolute Gasteiger partial charge is 0.422 e. The minimum Gasteiger partial charge on any atom is -0.483 e. The molecule has 0 saturated heterocycles. The summed E-state index contributed by atoms with van der Waals surface area (Å²) in [5.74, 6) is -0.932. The Morgan fingerprint density at radius 2 is 1.97 bits per heavy atom. The predicted molar refractivity (Wildman–Crippen MR) is 109 cm³/mol. The van der Waals surface area contributed by atoms with Crippen molar-refractivity contribution in [3.63, 3.8) is 0 Å². The molecule has 10 heteroatoms. The molecule has 1 aliphatic heterocycles. The quantitative estimate of drug-likeness (QED) is 0.507. The van der Waals surface area contributed by atoms with Crippen LogP contribution in [0, 0.1) is 11.7 Å². The van der Waals surface area contributed by atoms with Crippen LogP contribution in [0.2, 0.25) is 0 Å². The molecule has 0 atom stereocenters. The van der Waals surface area contributed by atoms with Gasteiger partial charge in [0.15, 0.2) is 6.61 Å². The van der Waals surface area contributed by atoms with E-state index < -0.39 is 18.6 Å². The number of alkyl halides is 3. The van der Waals surface area contributed by atoms with Crippen molar-refractivity contribution in [1.29, 1.82) is 0 Å². The number of hydrogen-bond donors (Lipinski definition) is 0. The zero-order chi connectivity index (χ0) is 23.0. The number of rotatable bonds is 6. The number of benzene rings is 1. The number of aromatic nitrogens is 3. The van der Waals surface area contributed by atoms with Crippen LogP contribution in [0.15, 0.2) is 42.9 Å². The van der Waals surface area contributed by atoms with Crippen molar-refractivity contribution in [2.45, 2.75) is 33.1 Å². The summed E-state index contributed by atoms with van der Waals surface area (Å²) in [4.78, 5) is 18.8. The molecule has 0 aliphatic carbocycles. The van der Waals surface area contributed by atoms with Crippen molar-refractivity contribution in [1.82, 2.24) is 14.8 Å². The van der Waals surface area contributed by atoms with Crippen LogP contribution in [0.5, 0.6) is 5.75 Å². The van der Waals surface area contributed by atoms with Crippen molar-refractivity contribution < 1.29 is 27.1 Å². The molecule has 0 fully saturated rings. The lowest BCUT2D eigenvalue weighted by molar-refractivity contribution is -0.153. The Labute approximate surface area is 181 Å². The second-order valence-corrected chi connectivity index (χ2v) is 7.94. The molecule has 0 bridgehead atoms. The normalized spacial score (nSPS) is 13.7. The molecule has 0 spiro atoms. The van der Waals surface area contributed by atoms with Gasteiger partial charge in [-0.15, -0.1) is 0 Å². The van der Waals surface area contributed by atoms with Gasteiger partial charge in [-0.1, -0.05) is 13.8 Å². The fourth-order valence-electron chi connectivity index (χ4n) is 3.61. The van der Waals surface area contributed by atoms with E-state index in [1.54, 1.807) is 23.1 Å². The molecule has 1 aliphatic rings. The Balaban J connectivity index is 1.69.